The minimum absolute atomic E-state index is 0.630. The summed E-state index contributed by atoms with van der Waals surface area (Å²) in [5, 5.41) is 3.17. The summed E-state index contributed by atoms with van der Waals surface area (Å²) >= 11 is 1.67. The van der Waals surface area contributed by atoms with Gasteiger partial charge in [0.1, 0.15) is 5.52 Å². The van der Waals surface area contributed by atoms with Gasteiger partial charge in [0, 0.05) is 11.9 Å². The number of hydrogen-bond donors (Lipinski definition) is 1. The first-order valence-corrected chi connectivity index (χ1v) is 7.23. The van der Waals surface area contributed by atoms with Crippen LogP contribution in [0.5, 0.6) is 0 Å². The monoisotopic (exact) mass is 288 g/mol. The SMILES string of the molecule is Cc1nc(CN(C)Cc2nc3c(N)cccc3o2)cs1. The Morgan fingerprint density at radius 1 is 1.30 bits per heavy atom. The molecule has 0 bridgehead atoms. The molecule has 0 aliphatic heterocycles. The zero-order chi connectivity index (χ0) is 14.1. The number of thiazole rings is 1. The summed E-state index contributed by atoms with van der Waals surface area (Å²) in [5.41, 5.74) is 9.08. The molecule has 0 unspecified atom stereocenters. The Labute approximate surface area is 121 Å². The maximum atomic E-state index is 5.88. The molecule has 104 valence electrons. The summed E-state index contributed by atoms with van der Waals surface area (Å²) in [5.74, 6) is 0.673. The Morgan fingerprint density at radius 3 is 2.85 bits per heavy atom. The average molecular weight is 288 g/mol. The molecule has 0 fully saturated rings. The van der Waals surface area contributed by atoms with Crippen molar-refractivity contribution in [2.45, 2.75) is 20.0 Å². The second-order valence-electron chi connectivity index (χ2n) is 4.83. The van der Waals surface area contributed by atoms with Gasteiger partial charge in [-0.1, -0.05) is 6.07 Å². The fraction of sp³-hybridized carbons (Fsp3) is 0.286. The predicted molar refractivity (Wildman–Crippen MR) is 80.4 cm³/mol. The van der Waals surface area contributed by atoms with Gasteiger partial charge < -0.3 is 10.2 Å². The summed E-state index contributed by atoms with van der Waals surface area (Å²) in [7, 11) is 2.02. The number of hydrogen-bond acceptors (Lipinski definition) is 6. The highest BCUT2D eigenvalue weighted by Crippen LogP contribution is 2.22. The second-order valence-corrected chi connectivity index (χ2v) is 5.89. The molecule has 0 radical (unpaired) electrons. The van der Waals surface area contributed by atoms with Crippen molar-refractivity contribution in [2.24, 2.45) is 0 Å². The predicted octanol–water partition coefficient (Wildman–Crippen LogP) is 2.81. The molecule has 0 aliphatic rings. The van der Waals surface area contributed by atoms with Crippen LogP contribution in [0.2, 0.25) is 0 Å². The van der Waals surface area contributed by atoms with Crippen molar-refractivity contribution in [3.63, 3.8) is 0 Å². The molecular formula is C14H16N4OS. The molecule has 6 heteroatoms. The fourth-order valence-corrected chi connectivity index (χ4v) is 2.73. The average Bonchev–Trinajstić information content (AvgIpc) is 2.96. The van der Waals surface area contributed by atoms with Crippen molar-refractivity contribution >= 4 is 28.1 Å². The minimum Gasteiger partial charge on any atom is -0.439 e. The van der Waals surface area contributed by atoms with Gasteiger partial charge in [-0.05, 0) is 26.1 Å². The highest BCUT2D eigenvalue weighted by molar-refractivity contribution is 7.09. The number of nitrogens with zero attached hydrogens (tertiary/aromatic N) is 3. The Hall–Kier alpha value is -1.92. The number of benzene rings is 1. The number of oxazole rings is 1. The van der Waals surface area contributed by atoms with Gasteiger partial charge in [0.05, 0.1) is 22.9 Å². The van der Waals surface area contributed by atoms with E-state index in [0.717, 1.165) is 28.3 Å². The van der Waals surface area contributed by atoms with Crippen molar-refractivity contribution < 1.29 is 4.42 Å². The van der Waals surface area contributed by atoms with Crippen LogP contribution in [0.25, 0.3) is 11.1 Å². The van der Waals surface area contributed by atoms with Crippen LogP contribution in [0.1, 0.15) is 16.6 Å². The maximum Gasteiger partial charge on any atom is 0.209 e. The molecule has 0 spiro atoms. The van der Waals surface area contributed by atoms with Gasteiger partial charge in [-0.2, -0.15) is 0 Å². The lowest BCUT2D eigenvalue weighted by atomic mass is 10.3. The summed E-state index contributed by atoms with van der Waals surface area (Å²) in [4.78, 5) is 11.0. The van der Waals surface area contributed by atoms with Gasteiger partial charge in [0.25, 0.3) is 0 Å². The molecule has 5 nitrogen and oxygen atoms in total. The third-order valence-electron chi connectivity index (χ3n) is 3.00. The number of nitrogens with two attached hydrogens (primary N) is 1. The zero-order valence-corrected chi connectivity index (χ0v) is 12.3. The smallest absolute Gasteiger partial charge is 0.209 e. The third kappa shape index (κ3) is 2.66. The van der Waals surface area contributed by atoms with Crippen LogP contribution in [-0.2, 0) is 13.1 Å². The molecule has 0 aliphatic carbocycles. The Morgan fingerprint density at radius 2 is 2.15 bits per heavy atom. The molecule has 0 saturated heterocycles. The molecule has 1 aromatic carbocycles. The Balaban J connectivity index is 1.74. The van der Waals surface area contributed by atoms with E-state index in [1.807, 2.05) is 32.2 Å². The number of nitrogen functional groups attached to an aromatic ring is 1. The van der Waals surface area contributed by atoms with Crippen LogP contribution in [-0.4, -0.2) is 21.9 Å². The van der Waals surface area contributed by atoms with Crippen molar-refractivity contribution in [3.05, 3.63) is 40.2 Å². The lowest BCUT2D eigenvalue weighted by Gasteiger charge is -2.12. The maximum absolute atomic E-state index is 5.88. The first kappa shape index (κ1) is 13.1. The van der Waals surface area contributed by atoms with E-state index in [9.17, 15) is 0 Å². The first-order chi connectivity index (χ1) is 9.61. The standard InChI is InChI=1S/C14H16N4OS/c1-9-16-10(8-20-9)6-18(2)7-13-17-14-11(15)4-3-5-12(14)19-13/h3-5,8H,6-7,15H2,1-2H3. The molecule has 3 rings (SSSR count). The van der Waals surface area contributed by atoms with Crippen molar-refractivity contribution in [1.29, 1.82) is 0 Å². The molecule has 2 aromatic heterocycles. The molecule has 2 heterocycles. The van der Waals surface area contributed by atoms with Crippen molar-refractivity contribution in [3.8, 4) is 0 Å². The van der Waals surface area contributed by atoms with E-state index in [4.69, 9.17) is 10.2 Å². The van der Waals surface area contributed by atoms with E-state index in [2.05, 4.69) is 20.2 Å². The van der Waals surface area contributed by atoms with Crippen LogP contribution in [0, 0.1) is 6.92 Å². The number of rotatable bonds is 4. The number of aromatic nitrogens is 2. The summed E-state index contributed by atoms with van der Waals surface area (Å²) in [6.45, 7) is 3.42. The van der Waals surface area contributed by atoms with Crippen molar-refractivity contribution in [2.75, 3.05) is 12.8 Å². The normalized spacial score (nSPS) is 11.6. The number of fused-ring (bicyclic) bond motifs is 1. The van der Waals surface area contributed by atoms with E-state index in [-0.39, 0.29) is 0 Å². The van der Waals surface area contributed by atoms with Gasteiger partial charge in [0.2, 0.25) is 5.89 Å². The molecule has 2 N–H and O–H groups in total. The molecular weight excluding hydrogens is 272 g/mol. The minimum atomic E-state index is 0.630. The molecule has 0 amide bonds. The van der Waals surface area contributed by atoms with Crippen LogP contribution in [0.3, 0.4) is 0 Å². The van der Waals surface area contributed by atoms with Gasteiger partial charge >= 0.3 is 0 Å². The summed E-state index contributed by atoms with van der Waals surface area (Å²) in [6.07, 6.45) is 0. The summed E-state index contributed by atoms with van der Waals surface area (Å²) in [6, 6.07) is 5.58. The van der Waals surface area contributed by atoms with Gasteiger partial charge in [-0.15, -0.1) is 11.3 Å². The molecule has 3 aromatic rings. The zero-order valence-electron chi connectivity index (χ0n) is 11.5. The van der Waals surface area contributed by atoms with Crippen LogP contribution < -0.4 is 5.73 Å². The largest absolute Gasteiger partial charge is 0.439 e. The lowest BCUT2D eigenvalue weighted by molar-refractivity contribution is 0.283. The summed E-state index contributed by atoms with van der Waals surface area (Å²) < 4.78 is 5.71. The van der Waals surface area contributed by atoms with E-state index < -0.39 is 0 Å². The van der Waals surface area contributed by atoms with Gasteiger partial charge in [-0.25, -0.2) is 9.97 Å². The third-order valence-corrected chi connectivity index (χ3v) is 3.82. The first-order valence-electron chi connectivity index (χ1n) is 6.35. The highest BCUT2D eigenvalue weighted by Gasteiger charge is 2.11. The fourth-order valence-electron chi connectivity index (χ4n) is 2.13. The second kappa shape index (κ2) is 5.22. The van der Waals surface area contributed by atoms with Gasteiger partial charge in [0.15, 0.2) is 5.58 Å². The molecule has 0 saturated carbocycles. The van der Waals surface area contributed by atoms with E-state index in [0.29, 0.717) is 18.1 Å². The Kier molecular flexibility index (Phi) is 3.42. The van der Waals surface area contributed by atoms with E-state index >= 15 is 0 Å². The van der Waals surface area contributed by atoms with Crippen LogP contribution in [0.4, 0.5) is 5.69 Å². The quantitative estimate of drug-likeness (QED) is 0.748. The number of aryl methyl sites for hydroxylation is 1. The Bertz CT molecular complexity index is 734. The number of para-hydroxylation sites is 1. The molecule has 20 heavy (non-hydrogen) atoms. The van der Waals surface area contributed by atoms with Crippen LogP contribution in [0.15, 0.2) is 28.0 Å². The molecule has 0 atom stereocenters. The van der Waals surface area contributed by atoms with E-state index in [1.54, 1.807) is 11.3 Å². The lowest BCUT2D eigenvalue weighted by Crippen LogP contribution is -2.17. The topological polar surface area (TPSA) is 68.2 Å². The highest BCUT2D eigenvalue weighted by atomic mass is 32.1. The van der Waals surface area contributed by atoms with Gasteiger partial charge in [-0.3, -0.25) is 4.90 Å². The van der Waals surface area contributed by atoms with Crippen LogP contribution >= 0.6 is 11.3 Å². The number of anilines is 1. The van der Waals surface area contributed by atoms with Crippen molar-refractivity contribution in [1.82, 2.24) is 14.9 Å². The van der Waals surface area contributed by atoms with E-state index in [1.165, 1.54) is 0 Å².